The highest BCUT2D eigenvalue weighted by Crippen LogP contribution is 2.33. The van der Waals surface area contributed by atoms with E-state index in [1.54, 1.807) is 48.7 Å². The Labute approximate surface area is 188 Å². The zero-order valence-electron chi connectivity index (χ0n) is 17.6. The lowest BCUT2D eigenvalue weighted by atomic mass is 10.1. The topological polar surface area (TPSA) is 77.2 Å². The van der Waals surface area contributed by atoms with Gasteiger partial charge in [-0.2, -0.15) is 13.2 Å². The number of anilines is 1. The second kappa shape index (κ2) is 8.82. The minimum Gasteiger partial charge on any atom is -0.457 e. The molecule has 0 radical (unpaired) electrons. The average molecular weight is 451 g/mol. The Hall–Kier alpha value is -4.07. The molecule has 0 aliphatic carbocycles. The van der Waals surface area contributed by atoms with Crippen molar-refractivity contribution < 1.29 is 22.7 Å². The number of fused-ring (bicyclic) bond motifs is 1. The SMILES string of the molecule is CC(NC(=O)c1ccc2c(Oc3ccc(C(F)(F)F)cc3)cccc2c1)c1cc(N)ccn1. The summed E-state index contributed by atoms with van der Waals surface area (Å²) in [5.41, 5.74) is 6.70. The van der Waals surface area contributed by atoms with Crippen molar-refractivity contribution in [1.82, 2.24) is 10.3 Å². The van der Waals surface area contributed by atoms with Gasteiger partial charge in [0, 0.05) is 22.8 Å². The van der Waals surface area contributed by atoms with Crippen LogP contribution in [0.1, 0.15) is 34.6 Å². The summed E-state index contributed by atoms with van der Waals surface area (Å²) in [5.74, 6) is 0.472. The van der Waals surface area contributed by atoms with Crippen LogP contribution in [0.5, 0.6) is 11.5 Å². The van der Waals surface area contributed by atoms with Gasteiger partial charge in [0.2, 0.25) is 0 Å². The Morgan fingerprint density at radius 2 is 1.79 bits per heavy atom. The molecule has 0 saturated carbocycles. The van der Waals surface area contributed by atoms with Gasteiger partial charge in [-0.1, -0.05) is 12.1 Å². The van der Waals surface area contributed by atoms with Gasteiger partial charge in [-0.05, 0) is 73.0 Å². The Bertz CT molecular complexity index is 1300. The first-order chi connectivity index (χ1) is 15.7. The second-order valence-corrected chi connectivity index (χ2v) is 7.53. The van der Waals surface area contributed by atoms with Crippen LogP contribution < -0.4 is 15.8 Å². The number of amides is 1. The number of halogens is 3. The van der Waals surface area contributed by atoms with Gasteiger partial charge >= 0.3 is 6.18 Å². The minimum absolute atomic E-state index is 0.275. The summed E-state index contributed by atoms with van der Waals surface area (Å²) in [4.78, 5) is 17.0. The highest BCUT2D eigenvalue weighted by molar-refractivity contribution is 6.00. The predicted octanol–water partition coefficient (Wildman–Crippen LogP) is 6.12. The van der Waals surface area contributed by atoms with Crippen LogP contribution in [-0.2, 0) is 6.18 Å². The largest absolute Gasteiger partial charge is 0.457 e. The standard InChI is InChI=1S/C25H20F3N3O2/c1-15(22-14-19(29)11-12-30-22)31-24(32)17-5-10-21-16(13-17)3-2-4-23(21)33-20-8-6-18(7-9-20)25(26,27)28/h2-15H,1H3,(H2,29,30)(H,31,32). The van der Waals surface area contributed by atoms with Crippen LogP contribution >= 0.6 is 0 Å². The fraction of sp³-hybridized carbons (Fsp3) is 0.120. The zero-order valence-corrected chi connectivity index (χ0v) is 17.6. The number of nitrogen functional groups attached to an aromatic ring is 1. The molecule has 0 aliphatic heterocycles. The van der Waals surface area contributed by atoms with Gasteiger partial charge in [-0.15, -0.1) is 0 Å². The van der Waals surface area contributed by atoms with E-state index in [0.29, 0.717) is 22.7 Å². The summed E-state index contributed by atoms with van der Waals surface area (Å²) < 4.78 is 44.1. The Balaban J connectivity index is 1.53. The molecule has 0 spiro atoms. The molecule has 5 nitrogen and oxygen atoms in total. The van der Waals surface area contributed by atoms with Crippen molar-refractivity contribution >= 4 is 22.4 Å². The van der Waals surface area contributed by atoms with Gasteiger partial charge in [0.25, 0.3) is 5.91 Å². The third-order valence-electron chi connectivity index (χ3n) is 5.11. The number of hydrogen-bond donors (Lipinski definition) is 2. The van der Waals surface area contributed by atoms with E-state index < -0.39 is 11.7 Å². The number of nitrogens with zero attached hydrogens (tertiary/aromatic N) is 1. The number of carbonyl (C=O) groups excluding carboxylic acids is 1. The fourth-order valence-electron chi connectivity index (χ4n) is 3.38. The van der Waals surface area contributed by atoms with Gasteiger partial charge in [-0.3, -0.25) is 9.78 Å². The number of carbonyl (C=O) groups is 1. The number of pyridine rings is 1. The van der Waals surface area contributed by atoms with Crippen LogP contribution in [0.25, 0.3) is 10.8 Å². The van der Waals surface area contributed by atoms with E-state index in [-0.39, 0.29) is 17.7 Å². The molecule has 0 fully saturated rings. The summed E-state index contributed by atoms with van der Waals surface area (Å²) in [6.07, 6.45) is -2.82. The number of hydrogen-bond acceptors (Lipinski definition) is 4. The van der Waals surface area contributed by atoms with Crippen molar-refractivity contribution in [1.29, 1.82) is 0 Å². The molecule has 8 heteroatoms. The van der Waals surface area contributed by atoms with Crippen LogP contribution in [0.2, 0.25) is 0 Å². The second-order valence-electron chi connectivity index (χ2n) is 7.53. The van der Waals surface area contributed by atoms with Crippen LogP contribution in [0, 0.1) is 0 Å². The molecular formula is C25H20F3N3O2. The van der Waals surface area contributed by atoms with Gasteiger partial charge in [0.1, 0.15) is 11.5 Å². The molecule has 4 aromatic rings. The van der Waals surface area contributed by atoms with E-state index in [2.05, 4.69) is 10.3 Å². The van der Waals surface area contributed by atoms with Crippen molar-refractivity contribution in [2.24, 2.45) is 0 Å². The molecular weight excluding hydrogens is 431 g/mol. The third kappa shape index (κ3) is 5.06. The smallest absolute Gasteiger partial charge is 0.416 e. The molecule has 168 valence electrons. The van der Waals surface area contributed by atoms with Crippen LogP contribution in [0.15, 0.2) is 79.0 Å². The first-order valence-corrected chi connectivity index (χ1v) is 10.1. The number of ether oxygens (including phenoxy) is 1. The molecule has 3 aromatic carbocycles. The molecule has 1 aromatic heterocycles. The molecule has 4 rings (SSSR count). The number of nitrogens with two attached hydrogens (primary N) is 1. The van der Waals surface area contributed by atoms with E-state index in [4.69, 9.17) is 10.5 Å². The summed E-state index contributed by atoms with van der Waals surface area (Å²) in [5, 5.41) is 4.37. The number of aromatic nitrogens is 1. The lowest BCUT2D eigenvalue weighted by Gasteiger charge is -2.15. The minimum atomic E-state index is -4.41. The van der Waals surface area contributed by atoms with Crippen molar-refractivity contribution in [2.45, 2.75) is 19.1 Å². The maximum Gasteiger partial charge on any atom is 0.416 e. The molecule has 1 amide bonds. The summed E-state index contributed by atoms with van der Waals surface area (Å²) in [6.45, 7) is 1.82. The molecule has 1 unspecified atom stereocenters. The number of alkyl halides is 3. The first-order valence-electron chi connectivity index (χ1n) is 10.1. The zero-order chi connectivity index (χ0) is 23.6. The van der Waals surface area contributed by atoms with E-state index in [0.717, 1.165) is 22.9 Å². The molecule has 0 bridgehead atoms. The fourth-order valence-corrected chi connectivity index (χ4v) is 3.38. The van der Waals surface area contributed by atoms with Gasteiger partial charge in [0.05, 0.1) is 17.3 Å². The van der Waals surface area contributed by atoms with E-state index >= 15 is 0 Å². The number of nitrogens with one attached hydrogen (secondary N) is 1. The van der Waals surface area contributed by atoms with E-state index in [9.17, 15) is 18.0 Å². The molecule has 1 heterocycles. The summed E-state index contributed by atoms with van der Waals surface area (Å²) in [6, 6.07) is 18.0. The van der Waals surface area contributed by atoms with Crippen LogP contribution in [-0.4, -0.2) is 10.9 Å². The Morgan fingerprint density at radius 1 is 1.03 bits per heavy atom. The van der Waals surface area contributed by atoms with Crippen molar-refractivity contribution in [3.8, 4) is 11.5 Å². The maximum atomic E-state index is 12.8. The van der Waals surface area contributed by atoms with Crippen LogP contribution in [0.3, 0.4) is 0 Å². The highest BCUT2D eigenvalue weighted by atomic mass is 19.4. The van der Waals surface area contributed by atoms with Gasteiger partial charge in [-0.25, -0.2) is 0 Å². The normalized spacial score (nSPS) is 12.4. The molecule has 33 heavy (non-hydrogen) atoms. The predicted molar refractivity (Wildman–Crippen MR) is 120 cm³/mol. The number of benzene rings is 3. The molecule has 1 atom stereocenters. The highest BCUT2D eigenvalue weighted by Gasteiger charge is 2.30. The Kier molecular flexibility index (Phi) is 5.91. The quantitative estimate of drug-likeness (QED) is 0.383. The number of rotatable bonds is 5. The van der Waals surface area contributed by atoms with Crippen molar-refractivity contribution in [2.75, 3.05) is 5.73 Å². The van der Waals surface area contributed by atoms with Gasteiger partial charge < -0.3 is 15.8 Å². The molecule has 3 N–H and O–H groups in total. The molecule has 0 aliphatic rings. The monoisotopic (exact) mass is 451 g/mol. The summed E-state index contributed by atoms with van der Waals surface area (Å²) >= 11 is 0. The lowest BCUT2D eigenvalue weighted by molar-refractivity contribution is -0.137. The maximum absolute atomic E-state index is 12.8. The van der Waals surface area contributed by atoms with E-state index in [1.807, 2.05) is 13.0 Å². The third-order valence-corrected chi connectivity index (χ3v) is 5.11. The lowest BCUT2D eigenvalue weighted by Crippen LogP contribution is -2.27. The average Bonchev–Trinajstić information content (AvgIpc) is 2.78. The Morgan fingerprint density at radius 3 is 2.48 bits per heavy atom. The van der Waals surface area contributed by atoms with Crippen molar-refractivity contribution in [3.05, 3.63) is 95.8 Å². The summed E-state index contributed by atoms with van der Waals surface area (Å²) in [7, 11) is 0. The van der Waals surface area contributed by atoms with E-state index in [1.165, 1.54) is 12.1 Å². The van der Waals surface area contributed by atoms with Crippen molar-refractivity contribution in [3.63, 3.8) is 0 Å². The van der Waals surface area contributed by atoms with Crippen LogP contribution in [0.4, 0.5) is 18.9 Å². The first kappa shape index (κ1) is 22.1. The molecule has 0 saturated heterocycles. The van der Waals surface area contributed by atoms with Gasteiger partial charge in [0.15, 0.2) is 0 Å².